The first-order valence-corrected chi connectivity index (χ1v) is 6.63. The van der Waals surface area contributed by atoms with Crippen LogP contribution in [0.15, 0.2) is 23.1 Å². The highest BCUT2D eigenvalue weighted by molar-refractivity contribution is 8.01. The molecule has 17 heavy (non-hydrogen) atoms. The van der Waals surface area contributed by atoms with Crippen LogP contribution in [0, 0.1) is 0 Å². The van der Waals surface area contributed by atoms with Crippen LogP contribution in [0.25, 0.3) is 0 Å². The maximum atomic E-state index is 14.1. The molecule has 0 aromatic heterocycles. The lowest BCUT2D eigenvalue weighted by Crippen LogP contribution is -2.44. The first-order valence-electron chi connectivity index (χ1n) is 5.81. The van der Waals surface area contributed by atoms with E-state index in [1.165, 1.54) is 5.56 Å². The van der Waals surface area contributed by atoms with Crippen LogP contribution >= 0.6 is 11.8 Å². The molecule has 4 heteroatoms. The Kier molecular flexibility index (Phi) is 2.79. The maximum Gasteiger partial charge on any atom is 0.139 e. The minimum absolute atomic E-state index is 0.234. The normalized spacial score (nSPS) is 31.5. The molecular formula is C13H15FO2S. The second-order valence-corrected chi connectivity index (χ2v) is 6.07. The Morgan fingerprint density at radius 2 is 2.41 bits per heavy atom. The summed E-state index contributed by atoms with van der Waals surface area (Å²) in [6.45, 7) is 0.899. The molecule has 1 fully saturated rings. The molecule has 0 aliphatic carbocycles. The third-order valence-electron chi connectivity index (χ3n) is 3.58. The minimum Gasteiger partial charge on any atom is -0.497 e. The Morgan fingerprint density at radius 1 is 1.53 bits per heavy atom. The van der Waals surface area contributed by atoms with Crippen molar-refractivity contribution in [2.45, 2.75) is 28.7 Å². The summed E-state index contributed by atoms with van der Waals surface area (Å²) in [7, 11) is 1.66. The molecule has 2 heterocycles. The van der Waals surface area contributed by atoms with Gasteiger partial charge >= 0.3 is 0 Å². The second-order valence-electron chi connectivity index (χ2n) is 4.61. The van der Waals surface area contributed by atoms with Gasteiger partial charge in [-0.3, -0.25) is 0 Å². The van der Waals surface area contributed by atoms with Crippen molar-refractivity contribution in [2.75, 3.05) is 20.3 Å². The van der Waals surface area contributed by atoms with E-state index < -0.39 is 6.17 Å². The molecule has 2 aliphatic heterocycles. The topological polar surface area (TPSA) is 18.5 Å². The van der Waals surface area contributed by atoms with E-state index in [1.54, 1.807) is 18.9 Å². The third-order valence-corrected chi connectivity index (χ3v) is 5.19. The van der Waals surface area contributed by atoms with Gasteiger partial charge in [-0.15, -0.1) is 11.8 Å². The van der Waals surface area contributed by atoms with Gasteiger partial charge in [0.05, 0.1) is 18.5 Å². The molecule has 1 spiro atoms. The third kappa shape index (κ3) is 1.83. The smallest absolute Gasteiger partial charge is 0.139 e. The molecule has 2 unspecified atom stereocenters. The predicted molar refractivity (Wildman–Crippen MR) is 65.6 cm³/mol. The molecule has 0 N–H and O–H groups in total. The Labute approximate surface area is 104 Å². The molecule has 1 aromatic rings. The van der Waals surface area contributed by atoms with Crippen molar-refractivity contribution in [1.82, 2.24) is 0 Å². The van der Waals surface area contributed by atoms with Gasteiger partial charge in [-0.05, 0) is 30.5 Å². The zero-order valence-corrected chi connectivity index (χ0v) is 10.6. The summed E-state index contributed by atoms with van der Waals surface area (Å²) >= 11 is 1.66. The number of thioether (sulfide) groups is 1. The molecule has 0 saturated carbocycles. The molecule has 2 atom stereocenters. The van der Waals surface area contributed by atoms with E-state index in [4.69, 9.17) is 9.47 Å². The van der Waals surface area contributed by atoms with Crippen molar-refractivity contribution in [3.05, 3.63) is 23.8 Å². The number of ether oxygens (including phenoxy) is 2. The fraction of sp³-hybridized carbons (Fsp3) is 0.538. The summed E-state index contributed by atoms with van der Waals surface area (Å²) in [6, 6.07) is 6.01. The zero-order chi connectivity index (χ0) is 11.9. The number of methoxy groups -OCH3 is 1. The van der Waals surface area contributed by atoms with Crippen molar-refractivity contribution < 1.29 is 13.9 Å². The van der Waals surface area contributed by atoms with Crippen LogP contribution in [0.1, 0.15) is 12.0 Å². The fourth-order valence-corrected chi connectivity index (χ4v) is 4.03. The van der Waals surface area contributed by atoms with Gasteiger partial charge in [-0.1, -0.05) is 6.07 Å². The number of alkyl halides is 1. The highest BCUT2D eigenvalue weighted by Gasteiger charge is 2.47. The van der Waals surface area contributed by atoms with E-state index in [2.05, 4.69) is 6.07 Å². The van der Waals surface area contributed by atoms with Gasteiger partial charge in [0.25, 0.3) is 0 Å². The SMILES string of the molecule is COc1ccc2c(c1)SC1(CCOCC1F)C2. The number of benzene rings is 1. The van der Waals surface area contributed by atoms with Crippen molar-refractivity contribution in [1.29, 1.82) is 0 Å². The van der Waals surface area contributed by atoms with Crippen LogP contribution in [0.4, 0.5) is 4.39 Å². The monoisotopic (exact) mass is 254 g/mol. The van der Waals surface area contributed by atoms with Crippen LogP contribution in [0.3, 0.4) is 0 Å². The van der Waals surface area contributed by atoms with Gasteiger partial charge in [-0.2, -0.15) is 0 Å². The van der Waals surface area contributed by atoms with Gasteiger partial charge in [-0.25, -0.2) is 4.39 Å². The van der Waals surface area contributed by atoms with Crippen LogP contribution in [-0.2, 0) is 11.2 Å². The first-order chi connectivity index (χ1) is 8.23. The van der Waals surface area contributed by atoms with Gasteiger partial charge in [0.15, 0.2) is 0 Å². The lowest BCUT2D eigenvalue weighted by atomic mass is 9.90. The lowest BCUT2D eigenvalue weighted by Gasteiger charge is -2.35. The van der Waals surface area contributed by atoms with E-state index in [0.717, 1.165) is 23.5 Å². The number of halogens is 1. The molecule has 0 bridgehead atoms. The molecule has 3 rings (SSSR count). The minimum atomic E-state index is -0.875. The average Bonchev–Trinajstić information content (AvgIpc) is 2.71. The fourth-order valence-electron chi connectivity index (χ4n) is 2.53. The second kappa shape index (κ2) is 4.18. The Bertz CT molecular complexity index is 437. The molecular weight excluding hydrogens is 239 g/mol. The van der Waals surface area contributed by atoms with Crippen molar-refractivity contribution >= 4 is 11.8 Å². The first kappa shape index (κ1) is 11.4. The highest BCUT2D eigenvalue weighted by Crippen LogP contribution is 2.52. The number of fused-ring (bicyclic) bond motifs is 1. The van der Waals surface area contributed by atoms with Crippen LogP contribution in [0.2, 0.25) is 0 Å². The summed E-state index contributed by atoms with van der Waals surface area (Å²) in [4.78, 5) is 1.16. The molecule has 2 aliphatic rings. The van der Waals surface area contributed by atoms with Crippen molar-refractivity contribution in [3.63, 3.8) is 0 Å². The maximum absolute atomic E-state index is 14.1. The quantitative estimate of drug-likeness (QED) is 0.768. The standard InChI is InChI=1S/C13H15FO2S/c1-15-10-3-2-9-7-13(17-11(9)6-10)4-5-16-8-12(13)14/h2-3,6,12H,4-5,7-8H2,1H3. The van der Waals surface area contributed by atoms with Crippen molar-refractivity contribution in [3.8, 4) is 5.75 Å². The van der Waals surface area contributed by atoms with Crippen LogP contribution < -0.4 is 4.74 Å². The van der Waals surface area contributed by atoms with Gasteiger partial charge in [0.1, 0.15) is 11.9 Å². The number of hydrogen-bond donors (Lipinski definition) is 0. The largest absolute Gasteiger partial charge is 0.497 e. The summed E-state index contributed by atoms with van der Waals surface area (Å²) < 4.78 is 24.2. The predicted octanol–water partition coefficient (Wildman–Crippen LogP) is 2.84. The summed E-state index contributed by atoms with van der Waals surface area (Å²) in [5.74, 6) is 0.843. The van der Waals surface area contributed by atoms with E-state index in [0.29, 0.717) is 6.61 Å². The van der Waals surface area contributed by atoms with Crippen molar-refractivity contribution in [2.24, 2.45) is 0 Å². The summed E-state index contributed by atoms with van der Waals surface area (Å²) in [6.07, 6.45) is 0.719. The zero-order valence-electron chi connectivity index (χ0n) is 9.74. The molecule has 92 valence electrons. The molecule has 2 nitrogen and oxygen atoms in total. The van der Waals surface area contributed by atoms with E-state index in [9.17, 15) is 4.39 Å². The Balaban J connectivity index is 1.90. The Hall–Kier alpha value is -0.740. The number of rotatable bonds is 1. The molecule has 0 radical (unpaired) electrons. The highest BCUT2D eigenvalue weighted by atomic mass is 32.2. The van der Waals surface area contributed by atoms with E-state index in [-0.39, 0.29) is 11.4 Å². The van der Waals surface area contributed by atoms with E-state index in [1.807, 2.05) is 12.1 Å². The van der Waals surface area contributed by atoms with Gasteiger partial charge in [0.2, 0.25) is 0 Å². The lowest BCUT2D eigenvalue weighted by molar-refractivity contribution is 0.0133. The van der Waals surface area contributed by atoms with E-state index >= 15 is 0 Å². The van der Waals surface area contributed by atoms with Gasteiger partial charge < -0.3 is 9.47 Å². The average molecular weight is 254 g/mol. The van der Waals surface area contributed by atoms with Crippen LogP contribution in [-0.4, -0.2) is 31.2 Å². The summed E-state index contributed by atoms with van der Waals surface area (Å²) in [5.41, 5.74) is 1.24. The molecule has 1 aromatic carbocycles. The van der Waals surface area contributed by atoms with Crippen LogP contribution in [0.5, 0.6) is 5.75 Å². The van der Waals surface area contributed by atoms with Gasteiger partial charge in [0, 0.05) is 11.5 Å². The molecule has 1 saturated heterocycles. The number of hydrogen-bond acceptors (Lipinski definition) is 3. The molecule has 0 amide bonds. The summed E-state index contributed by atoms with van der Waals surface area (Å²) in [5, 5.41) is 0. The Morgan fingerprint density at radius 3 is 3.18 bits per heavy atom.